The first-order valence-corrected chi connectivity index (χ1v) is 12.4. The monoisotopic (exact) mass is 489 g/mol. The summed E-state index contributed by atoms with van der Waals surface area (Å²) in [4.78, 5) is 24.3. The van der Waals surface area contributed by atoms with Crippen LogP contribution in [-0.2, 0) is 26.1 Å². The van der Waals surface area contributed by atoms with Gasteiger partial charge in [0.25, 0.3) is 0 Å². The number of alkyl halides is 3. The van der Waals surface area contributed by atoms with Crippen molar-refractivity contribution in [3.63, 3.8) is 0 Å². The third-order valence-corrected chi connectivity index (χ3v) is 6.59. The molecule has 0 aliphatic heterocycles. The van der Waals surface area contributed by atoms with E-state index in [9.17, 15) is 22.8 Å². The summed E-state index contributed by atoms with van der Waals surface area (Å²) in [6.45, 7) is 0.331. The van der Waals surface area contributed by atoms with Gasteiger partial charge in [-0.15, -0.1) is 0 Å². The highest BCUT2D eigenvalue weighted by atomic mass is 32.5. The Balaban J connectivity index is 2.46. The van der Waals surface area contributed by atoms with E-state index in [4.69, 9.17) is 25.6 Å². The Hall–Kier alpha value is -2.58. The number of benzene rings is 2. The summed E-state index contributed by atoms with van der Waals surface area (Å²) >= 11 is 5.57. The summed E-state index contributed by atoms with van der Waals surface area (Å²) in [6, 6.07) is 13.5. The lowest BCUT2D eigenvalue weighted by Crippen LogP contribution is -2.45. The van der Waals surface area contributed by atoms with Crippen molar-refractivity contribution < 1.29 is 36.5 Å². The summed E-state index contributed by atoms with van der Waals surface area (Å²) in [5.74, 6) is -2.63. The number of ether oxygens (including phenoxy) is 1. The number of esters is 1. The van der Waals surface area contributed by atoms with Crippen LogP contribution in [0, 0.1) is 13.8 Å². The number of amides is 1. The largest absolute Gasteiger partial charge is 0.471 e. The molecule has 0 heterocycles. The van der Waals surface area contributed by atoms with E-state index in [2.05, 4.69) is 0 Å². The van der Waals surface area contributed by atoms with Gasteiger partial charge in [0.15, 0.2) is 0 Å². The highest BCUT2D eigenvalue weighted by molar-refractivity contribution is 8.10. The van der Waals surface area contributed by atoms with Crippen LogP contribution in [0.3, 0.4) is 0 Å². The minimum atomic E-state index is -5.22. The Morgan fingerprint density at radius 3 is 1.84 bits per heavy atom. The summed E-state index contributed by atoms with van der Waals surface area (Å²) in [5, 5.41) is 0. The summed E-state index contributed by atoms with van der Waals surface area (Å²) in [5.41, 5.74) is 1.35. The highest BCUT2D eigenvalue weighted by Gasteiger charge is 2.45. The smallest absolute Gasteiger partial charge is 0.465 e. The van der Waals surface area contributed by atoms with Crippen LogP contribution in [0.15, 0.2) is 48.5 Å². The molecule has 2 aromatic rings. The molecule has 0 spiro atoms. The van der Waals surface area contributed by atoms with Crippen molar-refractivity contribution in [1.29, 1.82) is 0 Å². The molecule has 0 atom stereocenters. The van der Waals surface area contributed by atoms with Gasteiger partial charge in [-0.25, -0.2) is 0 Å². The summed E-state index contributed by atoms with van der Waals surface area (Å²) in [7, 11) is 0. The summed E-state index contributed by atoms with van der Waals surface area (Å²) < 4.78 is 56.3. The average Bonchev–Trinajstić information content (AvgIpc) is 2.70. The van der Waals surface area contributed by atoms with E-state index >= 15 is 0 Å². The third-order valence-electron chi connectivity index (χ3n) is 4.16. The Morgan fingerprint density at radius 2 is 1.44 bits per heavy atom. The maximum absolute atomic E-state index is 13.2. The van der Waals surface area contributed by atoms with Gasteiger partial charge in [0, 0.05) is 0 Å². The number of carbonyl (C=O) groups excluding carboxylic acids is 2. The first kappa shape index (κ1) is 25.7. The number of hydrogen-bond acceptors (Lipinski definition) is 6. The first-order chi connectivity index (χ1) is 14.9. The van der Waals surface area contributed by atoms with Gasteiger partial charge in [-0.2, -0.15) is 13.2 Å². The fourth-order valence-corrected chi connectivity index (χ4v) is 5.34. The van der Waals surface area contributed by atoms with Crippen LogP contribution < -0.4 is 9.05 Å². The predicted molar refractivity (Wildman–Crippen MR) is 117 cm³/mol. The number of rotatable bonds is 9. The molecule has 32 heavy (non-hydrogen) atoms. The van der Waals surface area contributed by atoms with Gasteiger partial charge in [-0.05, 0) is 55.8 Å². The first-order valence-electron chi connectivity index (χ1n) is 9.56. The van der Waals surface area contributed by atoms with Gasteiger partial charge in [0.1, 0.15) is 24.3 Å². The Kier molecular flexibility index (Phi) is 8.69. The number of carbonyl (C=O) groups is 2. The fourth-order valence-electron chi connectivity index (χ4n) is 2.63. The molecule has 0 radical (unpaired) electrons. The van der Waals surface area contributed by atoms with Gasteiger partial charge < -0.3 is 18.7 Å². The zero-order chi connectivity index (χ0) is 23.9. The predicted octanol–water partition coefficient (Wildman–Crippen LogP) is 4.98. The van der Waals surface area contributed by atoms with Crippen LogP contribution in [0.5, 0.6) is 11.5 Å². The second kappa shape index (κ2) is 10.8. The second-order valence-corrected chi connectivity index (χ2v) is 10.3. The number of aryl methyl sites for hydroxylation is 2. The van der Waals surface area contributed by atoms with E-state index in [-0.39, 0.29) is 11.5 Å². The number of para-hydroxylation sites is 2. The molecule has 0 fully saturated rings. The van der Waals surface area contributed by atoms with Crippen molar-refractivity contribution >= 4 is 30.2 Å². The lowest BCUT2D eigenvalue weighted by atomic mass is 10.2. The van der Waals surface area contributed by atoms with Crippen LogP contribution in [0.1, 0.15) is 18.1 Å². The van der Waals surface area contributed by atoms with Crippen LogP contribution >= 0.6 is 6.49 Å². The minimum Gasteiger partial charge on any atom is -0.465 e. The van der Waals surface area contributed by atoms with Crippen molar-refractivity contribution in [3.05, 3.63) is 59.7 Å². The van der Waals surface area contributed by atoms with Gasteiger partial charge in [0.2, 0.25) is 0 Å². The second-order valence-electron chi connectivity index (χ2n) is 6.77. The van der Waals surface area contributed by atoms with E-state index in [1.54, 1.807) is 62.4 Å². The van der Waals surface area contributed by atoms with Crippen LogP contribution in [0.25, 0.3) is 0 Å². The van der Waals surface area contributed by atoms with Crippen LogP contribution in [0.2, 0.25) is 0 Å². The quantitative estimate of drug-likeness (QED) is 0.366. The van der Waals surface area contributed by atoms with Gasteiger partial charge >= 0.3 is 24.5 Å². The lowest BCUT2D eigenvalue weighted by Gasteiger charge is -2.31. The molecule has 0 saturated carbocycles. The standard InChI is InChI=1S/C21H23F3NO5PS/c1-4-28-19(26)13-25(20(27)21(22,23)24)14-31(32,29-17-11-7-5-9-15(17)2)30-18-12-8-6-10-16(18)3/h5-12H,4,13-14H2,1-3H3. The Labute approximate surface area is 189 Å². The highest BCUT2D eigenvalue weighted by Crippen LogP contribution is 2.51. The van der Waals surface area contributed by atoms with E-state index in [1.165, 1.54) is 6.92 Å². The van der Waals surface area contributed by atoms with Gasteiger partial charge in [-0.1, -0.05) is 36.4 Å². The lowest BCUT2D eigenvalue weighted by molar-refractivity contribution is -0.186. The molecule has 2 aromatic carbocycles. The van der Waals surface area contributed by atoms with Crippen molar-refractivity contribution in [2.24, 2.45) is 0 Å². The molecule has 0 aromatic heterocycles. The normalized spacial score (nSPS) is 11.6. The zero-order valence-corrected chi connectivity index (χ0v) is 19.4. The minimum absolute atomic E-state index is 0.0551. The molecule has 174 valence electrons. The third kappa shape index (κ3) is 7.24. The Bertz CT molecular complexity index is 963. The number of halogens is 3. The number of nitrogens with zero attached hydrogens (tertiary/aromatic N) is 1. The molecule has 0 aliphatic rings. The van der Waals surface area contributed by atoms with E-state index in [0.717, 1.165) is 0 Å². The summed E-state index contributed by atoms with van der Waals surface area (Å²) in [6.07, 6.45) is -5.99. The van der Waals surface area contributed by atoms with Crippen molar-refractivity contribution in [1.82, 2.24) is 4.90 Å². The van der Waals surface area contributed by atoms with Gasteiger partial charge in [-0.3, -0.25) is 9.59 Å². The maximum atomic E-state index is 13.2. The molecule has 0 saturated heterocycles. The molecule has 11 heteroatoms. The van der Waals surface area contributed by atoms with Crippen molar-refractivity contribution in [2.45, 2.75) is 26.9 Å². The molecule has 2 rings (SSSR count). The molecule has 0 bridgehead atoms. The molecular weight excluding hydrogens is 466 g/mol. The SMILES string of the molecule is CCOC(=O)CN(CP(=S)(Oc1ccccc1C)Oc1ccccc1C)C(=O)C(F)(F)F. The van der Waals surface area contributed by atoms with Crippen molar-refractivity contribution in [2.75, 3.05) is 19.4 Å². The van der Waals surface area contributed by atoms with Gasteiger partial charge in [0.05, 0.1) is 6.61 Å². The molecule has 0 N–H and O–H groups in total. The molecule has 0 unspecified atom stereocenters. The maximum Gasteiger partial charge on any atom is 0.471 e. The topological polar surface area (TPSA) is 65.1 Å². The molecule has 0 aliphatic carbocycles. The van der Waals surface area contributed by atoms with Crippen molar-refractivity contribution in [3.8, 4) is 11.5 Å². The Morgan fingerprint density at radius 1 is 0.969 bits per heavy atom. The van der Waals surface area contributed by atoms with E-state index < -0.39 is 37.4 Å². The van der Waals surface area contributed by atoms with E-state index in [0.29, 0.717) is 22.6 Å². The fraction of sp³-hybridized carbons (Fsp3) is 0.333. The zero-order valence-electron chi connectivity index (χ0n) is 17.7. The molecule has 1 amide bonds. The molecular formula is C21H23F3NO5PS. The van der Waals surface area contributed by atoms with E-state index in [1.807, 2.05) is 0 Å². The molecule has 6 nitrogen and oxygen atoms in total. The average molecular weight is 489 g/mol. The number of hydrogen-bond donors (Lipinski definition) is 0. The van der Waals surface area contributed by atoms with Crippen LogP contribution in [-0.4, -0.2) is 42.4 Å². The van der Waals surface area contributed by atoms with Crippen LogP contribution in [0.4, 0.5) is 13.2 Å².